The van der Waals surface area contributed by atoms with Crippen LogP contribution >= 0.6 is 0 Å². The normalized spacial score (nSPS) is 15.2. The van der Waals surface area contributed by atoms with Crippen LogP contribution in [0.1, 0.15) is 0 Å². The largest absolute Gasteiger partial charge is 0.488 e. The van der Waals surface area contributed by atoms with Crippen molar-refractivity contribution in [3.63, 3.8) is 0 Å². The minimum Gasteiger partial charge on any atom is -0.488 e. The van der Waals surface area contributed by atoms with Gasteiger partial charge in [-0.1, -0.05) is 30.3 Å². The van der Waals surface area contributed by atoms with Gasteiger partial charge in [-0.15, -0.1) is 0 Å². The van der Waals surface area contributed by atoms with E-state index in [0.717, 1.165) is 44.2 Å². The van der Waals surface area contributed by atoms with Gasteiger partial charge in [0.2, 0.25) is 0 Å². The molecule has 1 saturated heterocycles. The monoisotopic (exact) mass is 352 g/mol. The Kier molecular flexibility index (Phi) is 5.00. The number of rotatable bonds is 5. The Hall–Kier alpha value is -2.63. The number of quaternary nitrogens is 1. The zero-order valence-corrected chi connectivity index (χ0v) is 14.6. The average Bonchev–Trinajstić information content (AvgIpc) is 2.70. The van der Waals surface area contributed by atoms with Gasteiger partial charge in [0.1, 0.15) is 43.8 Å². The van der Waals surface area contributed by atoms with Crippen LogP contribution in [-0.2, 0) is 4.74 Å². The summed E-state index contributed by atoms with van der Waals surface area (Å²) in [6.45, 7) is 5.27. The van der Waals surface area contributed by atoms with Crippen molar-refractivity contribution < 1.29 is 18.8 Å². The van der Waals surface area contributed by atoms with E-state index < -0.39 is 0 Å². The van der Waals surface area contributed by atoms with Gasteiger partial charge >= 0.3 is 0 Å². The highest BCUT2D eigenvalue weighted by Crippen LogP contribution is 2.22. The summed E-state index contributed by atoms with van der Waals surface area (Å²) in [5, 5.41) is 0.567. The quantitative estimate of drug-likeness (QED) is 0.760. The van der Waals surface area contributed by atoms with Gasteiger partial charge in [0, 0.05) is 6.07 Å². The Morgan fingerprint density at radius 1 is 1.04 bits per heavy atom. The lowest BCUT2D eigenvalue weighted by molar-refractivity contribution is -0.908. The van der Waals surface area contributed by atoms with E-state index >= 15 is 0 Å². The van der Waals surface area contributed by atoms with Crippen molar-refractivity contribution in [1.82, 2.24) is 0 Å². The van der Waals surface area contributed by atoms with E-state index in [4.69, 9.17) is 13.9 Å². The number of morpholine rings is 1. The van der Waals surface area contributed by atoms with Gasteiger partial charge < -0.3 is 18.8 Å². The van der Waals surface area contributed by atoms with Crippen molar-refractivity contribution in [1.29, 1.82) is 0 Å². The molecule has 1 fully saturated rings. The van der Waals surface area contributed by atoms with Crippen molar-refractivity contribution in [3.8, 4) is 16.9 Å². The van der Waals surface area contributed by atoms with E-state index in [0.29, 0.717) is 23.1 Å². The van der Waals surface area contributed by atoms with Crippen LogP contribution in [0.5, 0.6) is 5.75 Å². The highest BCUT2D eigenvalue weighted by molar-refractivity contribution is 5.82. The Morgan fingerprint density at radius 2 is 1.85 bits per heavy atom. The minimum absolute atomic E-state index is 0.0261. The van der Waals surface area contributed by atoms with Crippen LogP contribution in [-0.4, -0.2) is 39.5 Å². The second-order valence-corrected chi connectivity index (χ2v) is 6.46. The summed E-state index contributed by atoms with van der Waals surface area (Å²) in [5.74, 6) is 0.723. The van der Waals surface area contributed by atoms with Crippen LogP contribution in [0.3, 0.4) is 0 Å². The average molecular weight is 352 g/mol. The third-order valence-electron chi connectivity index (χ3n) is 4.76. The van der Waals surface area contributed by atoms with Crippen molar-refractivity contribution in [2.24, 2.45) is 0 Å². The molecule has 1 aromatic heterocycles. The summed E-state index contributed by atoms with van der Waals surface area (Å²) in [6.07, 6.45) is 1.53. The third kappa shape index (κ3) is 3.64. The molecule has 5 nitrogen and oxygen atoms in total. The molecule has 1 aliphatic heterocycles. The standard InChI is InChI=1S/C21H21NO4/c23-21-18-7-6-17(25-13-10-22-8-11-24-12-9-22)14-20(18)26-15-19(21)16-4-2-1-3-5-16/h1-7,14-15H,8-13H2/p+1. The van der Waals surface area contributed by atoms with Crippen molar-refractivity contribution in [3.05, 3.63) is 65.0 Å². The molecule has 4 rings (SSSR count). The predicted octanol–water partition coefficient (Wildman–Crippen LogP) is 1.75. The van der Waals surface area contributed by atoms with Gasteiger partial charge in [0.25, 0.3) is 0 Å². The van der Waals surface area contributed by atoms with Crippen LogP contribution in [0.15, 0.2) is 64.0 Å². The van der Waals surface area contributed by atoms with Crippen LogP contribution < -0.4 is 15.1 Å². The molecule has 26 heavy (non-hydrogen) atoms. The SMILES string of the molecule is O=c1c(-c2ccccc2)coc2cc(OCC[NH+]3CCOCC3)ccc12. The number of hydrogen-bond donors (Lipinski definition) is 1. The number of benzene rings is 2. The minimum atomic E-state index is -0.0261. The van der Waals surface area contributed by atoms with Crippen LogP contribution in [0, 0.1) is 0 Å². The molecular formula is C21H22NO4+. The molecular weight excluding hydrogens is 330 g/mol. The molecule has 0 aliphatic carbocycles. The van der Waals surface area contributed by atoms with Crippen molar-refractivity contribution in [2.75, 3.05) is 39.5 Å². The summed E-state index contributed by atoms with van der Waals surface area (Å²) in [6, 6.07) is 15.0. The van der Waals surface area contributed by atoms with E-state index in [1.807, 2.05) is 36.4 Å². The van der Waals surface area contributed by atoms with Gasteiger partial charge in [-0.2, -0.15) is 0 Å². The van der Waals surface area contributed by atoms with E-state index in [-0.39, 0.29) is 5.43 Å². The molecule has 1 aliphatic rings. The summed E-state index contributed by atoms with van der Waals surface area (Å²) >= 11 is 0. The number of ether oxygens (including phenoxy) is 2. The van der Waals surface area contributed by atoms with Crippen molar-refractivity contribution >= 4 is 11.0 Å². The highest BCUT2D eigenvalue weighted by Gasteiger charge is 2.14. The molecule has 0 spiro atoms. The first-order valence-corrected chi connectivity index (χ1v) is 8.96. The Bertz CT molecular complexity index is 930. The van der Waals surface area contributed by atoms with E-state index in [9.17, 15) is 4.79 Å². The van der Waals surface area contributed by atoms with Crippen LogP contribution in [0.25, 0.3) is 22.1 Å². The molecule has 0 unspecified atom stereocenters. The summed E-state index contributed by atoms with van der Waals surface area (Å²) in [7, 11) is 0. The molecule has 5 heteroatoms. The number of hydrogen-bond acceptors (Lipinski definition) is 4. The first kappa shape index (κ1) is 16.8. The lowest BCUT2D eigenvalue weighted by Crippen LogP contribution is -3.14. The zero-order valence-electron chi connectivity index (χ0n) is 14.6. The molecule has 0 atom stereocenters. The molecule has 3 aromatic rings. The molecule has 0 bridgehead atoms. The van der Waals surface area contributed by atoms with E-state index in [1.54, 1.807) is 12.1 Å². The Morgan fingerprint density at radius 3 is 2.65 bits per heavy atom. The van der Waals surface area contributed by atoms with Gasteiger partial charge in [-0.3, -0.25) is 4.79 Å². The lowest BCUT2D eigenvalue weighted by Gasteiger charge is -2.23. The molecule has 2 aromatic carbocycles. The summed E-state index contributed by atoms with van der Waals surface area (Å²) < 4.78 is 16.9. The number of fused-ring (bicyclic) bond motifs is 1. The molecule has 2 heterocycles. The Labute approximate surface area is 151 Å². The highest BCUT2D eigenvalue weighted by atomic mass is 16.5. The first-order chi connectivity index (χ1) is 12.8. The second kappa shape index (κ2) is 7.72. The maximum Gasteiger partial charge on any atom is 0.200 e. The molecule has 134 valence electrons. The lowest BCUT2D eigenvalue weighted by atomic mass is 10.1. The maximum absolute atomic E-state index is 12.7. The van der Waals surface area contributed by atoms with E-state index in [1.165, 1.54) is 11.2 Å². The smallest absolute Gasteiger partial charge is 0.200 e. The zero-order chi connectivity index (χ0) is 17.8. The number of nitrogens with one attached hydrogen (secondary N) is 1. The maximum atomic E-state index is 12.7. The first-order valence-electron chi connectivity index (χ1n) is 8.96. The fourth-order valence-electron chi connectivity index (χ4n) is 3.24. The molecule has 1 N–H and O–H groups in total. The molecule has 0 saturated carbocycles. The van der Waals surface area contributed by atoms with Gasteiger partial charge in [0.05, 0.1) is 24.2 Å². The molecule has 0 amide bonds. The predicted molar refractivity (Wildman–Crippen MR) is 99.8 cm³/mol. The van der Waals surface area contributed by atoms with Crippen LogP contribution in [0.2, 0.25) is 0 Å². The van der Waals surface area contributed by atoms with Crippen molar-refractivity contribution in [2.45, 2.75) is 0 Å². The third-order valence-corrected chi connectivity index (χ3v) is 4.76. The van der Waals surface area contributed by atoms with Crippen LogP contribution in [0.4, 0.5) is 0 Å². The second-order valence-electron chi connectivity index (χ2n) is 6.46. The molecule has 0 radical (unpaired) electrons. The fourth-order valence-corrected chi connectivity index (χ4v) is 3.24. The van der Waals surface area contributed by atoms with Gasteiger partial charge in [-0.05, 0) is 17.7 Å². The van der Waals surface area contributed by atoms with E-state index in [2.05, 4.69) is 0 Å². The summed E-state index contributed by atoms with van der Waals surface area (Å²) in [4.78, 5) is 14.2. The van der Waals surface area contributed by atoms with Gasteiger partial charge in [0.15, 0.2) is 5.43 Å². The van der Waals surface area contributed by atoms with Gasteiger partial charge in [-0.25, -0.2) is 0 Å². The fraction of sp³-hybridized carbons (Fsp3) is 0.286. The Balaban J connectivity index is 1.50. The summed E-state index contributed by atoms with van der Waals surface area (Å²) in [5.41, 5.74) is 1.95. The topological polar surface area (TPSA) is 53.1 Å².